The quantitative estimate of drug-likeness (QED) is 0.578. The van der Waals surface area contributed by atoms with Crippen molar-refractivity contribution < 1.29 is 14.0 Å². The smallest absolute Gasteiger partial charge is 0.291 e. The topological polar surface area (TPSA) is 90.7 Å². The van der Waals surface area contributed by atoms with Gasteiger partial charge in [-0.3, -0.25) is 9.59 Å². The second-order valence-electron chi connectivity index (χ2n) is 8.09. The second-order valence-corrected chi connectivity index (χ2v) is 8.09. The minimum absolute atomic E-state index is 0.215. The predicted molar refractivity (Wildman–Crippen MR) is 128 cm³/mol. The van der Waals surface area contributed by atoms with Crippen molar-refractivity contribution >= 4 is 23.3 Å². The largest absolute Gasteiger partial charge is 0.459 e. The van der Waals surface area contributed by atoms with E-state index in [9.17, 15) is 9.59 Å². The molecule has 33 heavy (non-hydrogen) atoms. The van der Waals surface area contributed by atoms with Crippen LogP contribution in [0, 0.1) is 6.92 Å². The van der Waals surface area contributed by atoms with Crippen LogP contribution in [0.2, 0.25) is 0 Å². The number of anilines is 2. The Balaban J connectivity index is 1.33. The van der Waals surface area contributed by atoms with Gasteiger partial charge in [-0.2, -0.15) is 0 Å². The molecule has 3 aromatic rings. The summed E-state index contributed by atoms with van der Waals surface area (Å²) in [6, 6.07) is 12.5. The zero-order valence-electron chi connectivity index (χ0n) is 19.0. The summed E-state index contributed by atoms with van der Waals surface area (Å²) in [4.78, 5) is 34.3. The van der Waals surface area contributed by atoms with Crippen LogP contribution in [-0.2, 0) is 6.54 Å². The summed E-state index contributed by atoms with van der Waals surface area (Å²) in [5.41, 5.74) is 2.82. The third-order valence-corrected chi connectivity index (χ3v) is 5.90. The molecule has 2 amide bonds. The summed E-state index contributed by atoms with van der Waals surface area (Å²) in [6.45, 7) is 9.57. The molecule has 3 heterocycles. The zero-order chi connectivity index (χ0) is 23.2. The highest BCUT2D eigenvalue weighted by Crippen LogP contribution is 2.19. The first-order chi connectivity index (χ1) is 16.0. The summed E-state index contributed by atoms with van der Waals surface area (Å²) >= 11 is 0. The van der Waals surface area contributed by atoms with E-state index in [2.05, 4.69) is 32.3 Å². The molecule has 2 aromatic heterocycles. The Morgan fingerprint density at radius 1 is 1.06 bits per heavy atom. The van der Waals surface area contributed by atoms with Crippen LogP contribution in [0.1, 0.15) is 39.0 Å². The standard InChI is InChI=1S/C25H29N5O3/c1-3-29-10-12-30(13-11-29)23-9-7-19(16-26-23)17-27-24(31)20-8-6-18(2)21(15-20)28-25(32)22-5-4-14-33-22/h4-9,14-16H,3,10-13,17H2,1-2H3,(H,27,31)(H,28,32). The third-order valence-electron chi connectivity index (χ3n) is 5.90. The number of nitrogens with one attached hydrogen (secondary N) is 2. The normalized spacial score (nSPS) is 14.2. The second kappa shape index (κ2) is 10.3. The maximum absolute atomic E-state index is 12.7. The zero-order valence-corrected chi connectivity index (χ0v) is 19.0. The predicted octanol–water partition coefficient (Wildman–Crippen LogP) is 3.31. The Labute approximate surface area is 193 Å². The fourth-order valence-electron chi connectivity index (χ4n) is 3.78. The lowest BCUT2D eigenvalue weighted by molar-refractivity contribution is 0.0949. The van der Waals surface area contributed by atoms with Gasteiger partial charge in [-0.25, -0.2) is 4.98 Å². The first-order valence-electron chi connectivity index (χ1n) is 11.2. The molecule has 1 aliphatic heterocycles. The van der Waals surface area contributed by atoms with Crippen molar-refractivity contribution in [1.82, 2.24) is 15.2 Å². The van der Waals surface area contributed by atoms with Crippen molar-refractivity contribution in [1.29, 1.82) is 0 Å². The minimum atomic E-state index is -0.358. The molecule has 0 bridgehead atoms. The van der Waals surface area contributed by atoms with E-state index in [1.807, 2.05) is 25.3 Å². The number of carbonyl (C=O) groups excluding carboxylic acids is 2. The van der Waals surface area contributed by atoms with E-state index >= 15 is 0 Å². The van der Waals surface area contributed by atoms with Gasteiger partial charge in [-0.1, -0.05) is 19.1 Å². The van der Waals surface area contributed by atoms with Crippen molar-refractivity contribution in [3.05, 3.63) is 77.4 Å². The number of likely N-dealkylation sites (N-methyl/N-ethyl adjacent to an activating group) is 1. The number of pyridine rings is 1. The maximum atomic E-state index is 12.7. The summed E-state index contributed by atoms with van der Waals surface area (Å²) in [5.74, 6) is 0.606. The molecular weight excluding hydrogens is 418 g/mol. The van der Waals surface area contributed by atoms with Crippen LogP contribution >= 0.6 is 0 Å². The molecule has 1 saturated heterocycles. The van der Waals surface area contributed by atoms with Gasteiger partial charge in [-0.15, -0.1) is 0 Å². The third kappa shape index (κ3) is 5.59. The van der Waals surface area contributed by atoms with E-state index in [-0.39, 0.29) is 17.6 Å². The maximum Gasteiger partial charge on any atom is 0.291 e. The highest BCUT2D eigenvalue weighted by atomic mass is 16.3. The van der Waals surface area contributed by atoms with Gasteiger partial charge in [0, 0.05) is 50.2 Å². The van der Waals surface area contributed by atoms with Gasteiger partial charge in [0.05, 0.1) is 6.26 Å². The summed E-state index contributed by atoms with van der Waals surface area (Å²) in [7, 11) is 0. The van der Waals surface area contributed by atoms with Crippen LogP contribution < -0.4 is 15.5 Å². The molecule has 4 rings (SSSR count). The SMILES string of the molecule is CCN1CCN(c2ccc(CNC(=O)c3ccc(C)c(NC(=O)c4ccco4)c3)cn2)CC1. The fraction of sp³-hybridized carbons (Fsp3) is 0.320. The van der Waals surface area contributed by atoms with E-state index < -0.39 is 0 Å². The van der Waals surface area contributed by atoms with Crippen LogP contribution in [0.15, 0.2) is 59.3 Å². The van der Waals surface area contributed by atoms with E-state index in [1.54, 1.807) is 30.3 Å². The number of hydrogen-bond acceptors (Lipinski definition) is 6. The van der Waals surface area contributed by atoms with Crippen LogP contribution in [0.4, 0.5) is 11.5 Å². The Kier molecular flexibility index (Phi) is 7.04. The van der Waals surface area contributed by atoms with Crippen molar-refractivity contribution in [3.8, 4) is 0 Å². The number of aryl methyl sites for hydroxylation is 1. The van der Waals surface area contributed by atoms with E-state index in [0.29, 0.717) is 17.8 Å². The lowest BCUT2D eigenvalue weighted by Crippen LogP contribution is -2.46. The number of rotatable bonds is 7. The Morgan fingerprint density at radius 3 is 2.55 bits per heavy atom. The molecule has 8 nitrogen and oxygen atoms in total. The Bertz CT molecular complexity index is 1090. The first-order valence-corrected chi connectivity index (χ1v) is 11.2. The average Bonchev–Trinajstić information content (AvgIpc) is 3.40. The summed E-state index contributed by atoms with van der Waals surface area (Å²) in [5, 5.41) is 5.72. The number of piperazine rings is 1. The van der Waals surface area contributed by atoms with Gasteiger partial charge in [0.25, 0.3) is 11.8 Å². The number of carbonyl (C=O) groups is 2. The van der Waals surface area contributed by atoms with Crippen LogP contribution in [0.5, 0.6) is 0 Å². The molecule has 1 aromatic carbocycles. The molecule has 8 heteroatoms. The van der Waals surface area contributed by atoms with Crippen LogP contribution in [0.3, 0.4) is 0 Å². The molecule has 0 saturated carbocycles. The lowest BCUT2D eigenvalue weighted by atomic mass is 10.1. The van der Waals surface area contributed by atoms with E-state index in [4.69, 9.17) is 4.42 Å². The molecule has 172 valence electrons. The van der Waals surface area contributed by atoms with Crippen molar-refractivity contribution in [2.45, 2.75) is 20.4 Å². The molecule has 1 fully saturated rings. The van der Waals surface area contributed by atoms with Crippen molar-refractivity contribution in [3.63, 3.8) is 0 Å². The monoisotopic (exact) mass is 447 g/mol. The molecule has 1 aliphatic rings. The molecule has 0 radical (unpaired) electrons. The van der Waals surface area contributed by atoms with Gasteiger partial charge in [-0.05, 0) is 54.9 Å². The number of amides is 2. The highest BCUT2D eigenvalue weighted by Gasteiger charge is 2.17. The first kappa shape index (κ1) is 22.5. The highest BCUT2D eigenvalue weighted by molar-refractivity contribution is 6.03. The van der Waals surface area contributed by atoms with E-state index in [0.717, 1.165) is 49.7 Å². The molecule has 2 N–H and O–H groups in total. The van der Waals surface area contributed by atoms with Gasteiger partial charge in [0.2, 0.25) is 0 Å². The minimum Gasteiger partial charge on any atom is -0.459 e. The molecule has 0 spiro atoms. The van der Waals surface area contributed by atoms with Gasteiger partial charge < -0.3 is 24.9 Å². The lowest BCUT2D eigenvalue weighted by Gasteiger charge is -2.34. The van der Waals surface area contributed by atoms with Crippen molar-refractivity contribution in [2.75, 3.05) is 42.9 Å². The number of benzene rings is 1. The molecular formula is C25H29N5O3. The number of hydrogen-bond donors (Lipinski definition) is 2. The van der Waals surface area contributed by atoms with E-state index in [1.165, 1.54) is 6.26 Å². The van der Waals surface area contributed by atoms with Crippen molar-refractivity contribution in [2.24, 2.45) is 0 Å². The Hall–Kier alpha value is -3.65. The molecule has 0 unspecified atom stereocenters. The number of nitrogens with zero attached hydrogens (tertiary/aromatic N) is 3. The summed E-state index contributed by atoms with van der Waals surface area (Å²) in [6.07, 6.45) is 3.26. The van der Waals surface area contributed by atoms with Gasteiger partial charge in [0.15, 0.2) is 5.76 Å². The molecule has 0 atom stereocenters. The molecule has 0 aliphatic carbocycles. The Morgan fingerprint density at radius 2 is 1.88 bits per heavy atom. The fourth-order valence-corrected chi connectivity index (χ4v) is 3.78. The van der Waals surface area contributed by atoms with Gasteiger partial charge >= 0.3 is 0 Å². The van der Waals surface area contributed by atoms with Gasteiger partial charge in [0.1, 0.15) is 5.82 Å². The average molecular weight is 448 g/mol. The number of furan rings is 1. The van der Waals surface area contributed by atoms with Crippen LogP contribution in [-0.4, -0.2) is 54.4 Å². The van der Waals surface area contributed by atoms with Crippen LogP contribution in [0.25, 0.3) is 0 Å². The number of aromatic nitrogens is 1. The summed E-state index contributed by atoms with van der Waals surface area (Å²) < 4.78 is 5.13.